The van der Waals surface area contributed by atoms with E-state index in [2.05, 4.69) is 4.99 Å². The zero-order valence-corrected chi connectivity index (χ0v) is 23.1. The Labute approximate surface area is 253 Å². The molecule has 3 aromatic rings. The number of aliphatic imine (C=N–C) groups is 1. The van der Waals surface area contributed by atoms with Crippen LogP contribution in [0.4, 0.5) is 67.2 Å². The van der Waals surface area contributed by atoms with Gasteiger partial charge >= 0.3 is 42.0 Å². The van der Waals surface area contributed by atoms with Crippen LogP contribution < -0.4 is 0 Å². The second-order valence-corrected chi connectivity index (χ2v) is 10.3. The largest absolute Gasteiger partial charge is 0.460 e. The van der Waals surface area contributed by atoms with E-state index >= 15 is 0 Å². The minimum Gasteiger partial charge on any atom is -0.403 e. The lowest BCUT2D eigenvalue weighted by molar-refractivity contribution is -0.367. The molecule has 0 radical (unpaired) electrons. The summed E-state index contributed by atoms with van der Waals surface area (Å²) in [6.45, 7) is 1.42. The van der Waals surface area contributed by atoms with Crippen molar-refractivity contribution in [3.63, 3.8) is 0 Å². The van der Waals surface area contributed by atoms with Crippen LogP contribution in [0.1, 0.15) is 43.7 Å². The SMILES string of the molecule is Cc1cc(Cc2ccc(C(F)(F)C(F)(F)C(F)(F)F)c(C(F)(F)C(F)(F)C(F)(F)F)c2)ccc1N=C1OC(=O)c2c(Cl)cccc21. The van der Waals surface area contributed by atoms with Crippen molar-refractivity contribution in [2.75, 3.05) is 0 Å². The van der Waals surface area contributed by atoms with E-state index in [9.17, 15) is 66.3 Å². The summed E-state index contributed by atoms with van der Waals surface area (Å²) in [5.41, 5.74) is -6.22. The number of carbonyl (C=O) groups excluding carboxylic acids is 1. The van der Waals surface area contributed by atoms with E-state index in [4.69, 9.17) is 16.3 Å². The minimum atomic E-state index is -7.18. The van der Waals surface area contributed by atoms with E-state index in [0.717, 1.165) is 0 Å². The smallest absolute Gasteiger partial charge is 0.403 e. The molecule has 1 aliphatic rings. The number of benzene rings is 3. The molecular weight excluding hydrogens is 684 g/mol. The normalized spacial score (nSPS) is 15.7. The highest BCUT2D eigenvalue weighted by molar-refractivity contribution is 6.36. The number of ether oxygens (including phenoxy) is 1. The number of hydrogen-bond acceptors (Lipinski definition) is 3. The average Bonchev–Trinajstić information content (AvgIpc) is 3.24. The van der Waals surface area contributed by atoms with E-state index < -0.39 is 77.3 Å². The molecule has 0 aromatic heterocycles. The Kier molecular flexibility index (Phi) is 8.46. The second-order valence-electron chi connectivity index (χ2n) is 9.94. The van der Waals surface area contributed by atoms with Crippen LogP contribution in [-0.4, -0.2) is 36.1 Å². The quantitative estimate of drug-likeness (QED) is 0.182. The molecule has 1 heterocycles. The van der Waals surface area contributed by atoms with Gasteiger partial charge in [0.25, 0.3) is 0 Å². The maximum Gasteiger partial charge on any atom is 0.460 e. The Balaban J connectivity index is 1.78. The van der Waals surface area contributed by atoms with Gasteiger partial charge in [0.05, 0.1) is 21.8 Å². The molecule has 3 aromatic carbocycles. The summed E-state index contributed by atoms with van der Waals surface area (Å²) in [6.07, 6.45) is -15.0. The van der Waals surface area contributed by atoms with Crippen molar-refractivity contribution < 1.29 is 71.0 Å². The standard InChI is InChI=1S/C28H14ClF14NO2/c1-12-9-13(6-8-19(12)44-21-15-3-2-4-18(29)20(15)22(45)46-21)10-14-5-7-16(23(30,31)25(34,35)27(38,39)40)17(11-14)24(32,33)26(36,37)28(41,42)43/h2-9,11H,10H2,1H3. The summed E-state index contributed by atoms with van der Waals surface area (Å²) in [5, 5.41) is 0.0728. The molecule has 1 aliphatic heterocycles. The van der Waals surface area contributed by atoms with Crippen LogP contribution in [0.5, 0.6) is 0 Å². The average molecular weight is 698 g/mol. The number of alkyl halides is 14. The lowest BCUT2D eigenvalue weighted by Gasteiger charge is -2.34. The van der Waals surface area contributed by atoms with Gasteiger partial charge in [0, 0.05) is 11.1 Å². The number of halogens is 15. The molecule has 0 saturated carbocycles. The Morgan fingerprint density at radius 2 is 1.22 bits per heavy atom. The number of carbonyl (C=O) groups is 1. The molecule has 0 spiro atoms. The second kappa shape index (κ2) is 11.1. The molecule has 0 amide bonds. The third-order valence-electron chi connectivity index (χ3n) is 6.79. The molecule has 0 unspecified atom stereocenters. The first-order valence-corrected chi connectivity index (χ1v) is 12.7. The van der Waals surface area contributed by atoms with Crippen molar-refractivity contribution in [3.05, 3.63) is 98.6 Å². The molecule has 248 valence electrons. The van der Waals surface area contributed by atoms with E-state index in [1.54, 1.807) is 0 Å². The van der Waals surface area contributed by atoms with Gasteiger partial charge in [0.2, 0.25) is 5.90 Å². The summed E-state index contributed by atoms with van der Waals surface area (Å²) in [5.74, 6) is -28.8. The van der Waals surface area contributed by atoms with Gasteiger partial charge in [-0.2, -0.15) is 61.5 Å². The predicted octanol–water partition coefficient (Wildman–Crippen LogP) is 10.1. The number of aryl methyl sites for hydroxylation is 1. The van der Waals surface area contributed by atoms with Crippen LogP contribution in [0.3, 0.4) is 0 Å². The van der Waals surface area contributed by atoms with Gasteiger partial charge in [-0.15, -0.1) is 0 Å². The maximum atomic E-state index is 14.7. The fraction of sp³-hybridized carbons (Fsp3) is 0.286. The molecule has 0 N–H and O–H groups in total. The monoisotopic (exact) mass is 697 g/mol. The fourth-order valence-corrected chi connectivity index (χ4v) is 4.67. The number of fused-ring (bicyclic) bond motifs is 1. The van der Waals surface area contributed by atoms with Crippen LogP contribution in [0, 0.1) is 6.92 Å². The van der Waals surface area contributed by atoms with Crippen LogP contribution in [0.2, 0.25) is 5.02 Å². The van der Waals surface area contributed by atoms with Crippen molar-refractivity contribution in [1.29, 1.82) is 0 Å². The third kappa shape index (κ3) is 5.66. The minimum absolute atomic E-state index is 0.0305. The van der Waals surface area contributed by atoms with Gasteiger partial charge in [-0.25, -0.2) is 9.79 Å². The van der Waals surface area contributed by atoms with Crippen molar-refractivity contribution in [2.45, 2.75) is 49.4 Å². The van der Waals surface area contributed by atoms with Gasteiger partial charge in [-0.3, -0.25) is 0 Å². The van der Waals surface area contributed by atoms with Crippen LogP contribution in [-0.2, 0) is 23.0 Å². The van der Waals surface area contributed by atoms with Gasteiger partial charge < -0.3 is 4.74 Å². The van der Waals surface area contributed by atoms with Gasteiger partial charge in [0.1, 0.15) is 0 Å². The zero-order valence-electron chi connectivity index (χ0n) is 22.3. The van der Waals surface area contributed by atoms with Crippen LogP contribution >= 0.6 is 11.6 Å². The Morgan fingerprint density at radius 1 is 0.696 bits per heavy atom. The van der Waals surface area contributed by atoms with E-state index in [1.807, 2.05) is 0 Å². The molecule has 18 heteroatoms. The number of hydrogen-bond donors (Lipinski definition) is 0. The highest BCUT2D eigenvalue weighted by Gasteiger charge is 2.78. The topological polar surface area (TPSA) is 38.7 Å². The van der Waals surface area contributed by atoms with Crippen molar-refractivity contribution in [1.82, 2.24) is 0 Å². The molecule has 0 fully saturated rings. The van der Waals surface area contributed by atoms with Gasteiger partial charge in [-0.1, -0.05) is 41.9 Å². The van der Waals surface area contributed by atoms with Crippen molar-refractivity contribution in [2.24, 2.45) is 4.99 Å². The van der Waals surface area contributed by atoms with Crippen LogP contribution in [0.15, 0.2) is 59.6 Å². The van der Waals surface area contributed by atoms with Crippen molar-refractivity contribution >= 4 is 29.2 Å². The lowest BCUT2D eigenvalue weighted by Crippen LogP contribution is -2.53. The first kappa shape index (κ1) is 35.0. The number of cyclic esters (lactones) is 1. The summed E-state index contributed by atoms with van der Waals surface area (Å²) in [6, 6.07) is 7.50. The maximum absolute atomic E-state index is 14.7. The fourth-order valence-electron chi connectivity index (χ4n) is 4.41. The van der Waals surface area contributed by atoms with E-state index in [1.165, 1.54) is 43.3 Å². The van der Waals surface area contributed by atoms with Gasteiger partial charge in [-0.05, 0) is 54.3 Å². The predicted molar refractivity (Wildman–Crippen MR) is 133 cm³/mol. The molecular formula is C28H14ClF14NO2. The lowest BCUT2D eigenvalue weighted by atomic mass is 9.87. The first-order valence-electron chi connectivity index (χ1n) is 12.3. The van der Waals surface area contributed by atoms with E-state index in [-0.39, 0.29) is 38.9 Å². The zero-order chi connectivity index (χ0) is 34.8. The Hall–Kier alpha value is -3.89. The Morgan fingerprint density at radius 3 is 1.76 bits per heavy atom. The number of nitrogens with zero attached hydrogens (tertiary/aromatic N) is 1. The highest BCUT2D eigenvalue weighted by atomic mass is 35.5. The Bertz CT molecular complexity index is 1730. The van der Waals surface area contributed by atoms with Gasteiger partial charge in [0.15, 0.2) is 0 Å². The van der Waals surface area contributed by atoms with E-state index in [0.29, 0.717) is 6.07 Å². The summed E-state index contributed by atoms with van der Waals surface area (Å²) in [7, 11) is 0. The molecule has 3 nitrogen and oxygen atoms in total. The summed E-state index contributed by atoms with van der Waals surface area (Å²) in [4.78, 5) is 16.3. The molecule has 0 bridgehead atoms. The number of rotatable bonds is 7. The van der Waals surface area contributed by atoms with Crippen molar-refractivity contribution in [3.8, 4) is 0 Å². The molecule has 0 atom stereocenters. The number of esters is 1. The molecule has 4 rings (SSSR count). The first-order chi connectivity index (χ1) is 20.8. The molecule has 0 saturated heterocycles. The third-order valence-corrected chi connectivity index (χ3v) is 7.11. The molecule has 0 aliphatic carbocycles. The summed E-state index contributed by atoms with van der Waals surface area (Å²) >= 11 is 6.00. The summed E-state index contributed by atoms with van der Waals surface area (Å²) < 4.78 is 196. The highest BCUT2D eigenvalue weighted by Crippen LogP contribution is 2.58. The van der Waals surface area contributed by atoms with Crippen LogP contribution in [0.25, 0.3) is 0 Å². The molecule has 46 heavy (non-hydrogen) atoms.